The minimum atomic E-state index is 0. The van der Waals surface area contributed by atoms with Gasteiger partial charge in [0.25, 0.3) is 0 Å². The van der Waals surface area contributed by atoms with Gasteiger partial charge in [0.1, 0.15) is 5.82 Å². The first-order valence-electron chi connectivity index (χ1n) is 11.3. The van der Waals surface area contributed by atoms with Gasteiger partial charge < -0.3 is 20.0 Å². The van der Waals surface area contributed by atoms with Crippen LogP contribution < -0.4 is 10.2 Å². The van der Waals surface area contributed by atoms with Crippen molar-refractivity contribution in [3.05, 3.63) is 59.8 Å². The van der Waals surface area contributed by atoms with Crippen molar-refractivity contribution in [1.82, 2.24) is 25.0 Å². The fourth-order valence-corrected chi connectivity index (χ4v) is 4.25. The van der Waals surface area contributed by atoms with Crippen molar-refractivity contribution in [2.24, 2.45) is 4.99 Å². The number of hydrogen-bond donors (Lipinski definition) is 1. The van der Waals surface area contributed by atoms with E-state index in [0.29, 0.717) is 0 Å². The Morgan fingerprint density at radius 1 is 0.938 bits per heavy atom. The van der Waals surface area contributed by atoms with Gasteiger partial charge in [-0.15, -0.1) is 24.0 Å². The van der Waals surface area contributed by atoms with E-state index in [-0.39, 0.29) is 24.0 Å². The van der Waals surface area contributed by atoms with E-state index in [1.54, 1.807) is 0 Å². The number of guanidine groups is 1. The van der Waals surface area contributed by atoms with Gasteiger partial charge in [-0.3, -0.25) is 9.89 Å². The van der Waals surface area contributed by atoms with E-state index in [1.165, 1.54) is 11.1 Å². The first kappa shape index (κ1) is 24.7. The Morgan fingerprint density at radius 3 is 2.34 bits per heavy atom. The lowest BCUT2D eigenvalue weighted by Crippen LogP contribution is -2.52. The van der Waals surface area contributed by atoms with Crippen LogP contribution in [-0.4, -0.2) is 92.1 Å². The summed E-state index contributed by atoms with van der Waals surface area (Å²) in [5, 5.41) is 3.56. The van der Waals surface area contributed by atoms with Crippen LogP contribution in [0.15, 0.2) is 53.7 Å². The van der Waals surface area contributed by atoms with E-state index in [0.717, 1.165) is 77.2 Å². The number of hydrogen-bond acceptors (Lipinski definition) is 5. The van der Waals surface area contributed by atoms with Gasteiger partial charge in [-0.2, -0.15) is 0 Å². The highest BCUT2D eigenvalue weighted by Crippen LogP contribution is 2.15. The molecule has 0 saturated carbocycles. The summed E-state index contributed by atoms with van der Waals surface area (Å²) in [5.41, 5.74) is 2.63. The maximum absolute atomic E-state index is 4.60. The first-order chi connectivity index (χ1) is 15.2. The lowest BCUT2D eigenvalue weighted by molar-refractivity contribution is 0.172. The minimum absolute atomic E-state index is 0. The highest BCUT2D eigenvalue weighted by atomic mass is 127. The fourth-order valence-electron chi connectivity index (χ4n) is 4.25. The van der Waals surface area contributed by atoms with E-state index in [4.69, 9.17) is 0 Å². The summed E-state index contributed by atoms with van der Waals surface area (Å²) in [7, 11) is 4.05. The summed E-state index contributed by atoms with van der Waals surface area (Å²) < 4.78 is 0. The predicted molar refractivity (Wildman–Crippen MR) is 143 cm³/mol. The summed E-state index contributed by atoms with van der Waals surface area (Å²) in [6, 6.07) is 15.0. The van der Waals surface area contributed by atoms with Gasteiger partial charge in [0.15, 0.2) is 5.96 Å². The zero-order chi connectivity index (χ0) is 21.5. The maximum Gasteiger partial charge on any atom is 0.194 e. The molecule has 7 nitrogen and oxygen atoms in total. The van der Waals surface area contributed by atoms with Crippen LogP contribution in [-0.2, 0) is 13.1 Å². The zero-order valence-corrected chi connectivity index (χ0v) is 21.6. The average molecular weight is 550 g/mol. The number of benzene rings is 1. The number of anilines is 1. The Morgan fingerprint density at radius 2 is 1.66 bits per heavy atom. The number of piperazine rings is 2. The molecule has 0 aliphatic carbocycles. The van der Waals surface area contributed by atoms with Gasteiger partial charge >= 0.3 is 0 Å². The van der Waals surface area contributed by atoms with Crippen LogP contribution >= 0.6 is 24.0 Å². The molecule has 1 aromatic heterocycles. The highest BCUT2D eigenvalue weighted by Gasteiger charge is 2.20. The smallest absolute Gasteiger partial charge is 0.194 e. The molecule has 1 N–H and O–H groups in total. The van der Waals surface area contributed by atoms with Gasteiger partial charge in [0.2, 0.25) is 0 Å². The lowest BCUT2D eigenvalue weighted by atomic mass is 10.2. The molecular weight excluding hydrogens is 513 g/mol. The van der Waals surface area contributed by atoms with Crippen LogP contribution in [0.1, 0.15) is 11.1 Å². The molecule has 8 heteroatoms. The van der Waals surface area contributed by atoms with Crippen molar-refractivity contribution in [3.63, 3.8) is 0 Å². The third-order valence-electron chi connectivity index (χ3n) is 6.22. The molecule has 174 valence electrons. The van der Waals surface area contributed by atoms with Gasteiger partial charge in [0.05, 0.1) is 0 Å². The quantitative estimate of drug-likeness (QED) is 0.351. The number of pyridine rings is 1. The summed E-state index contributed by atoms with van der Waals surface area (Å²) in [6.07, 6.45) is 1.93. The minimum Gasteiger partial charge on any atom is -0.354 e. The van der Waals surface area contributed by atoms with Crippen molar-refractivity contribution < 1.29 is 0 Å². The highest BCUT2D eigenvalue weighted by molar-refractivity contribution is 14.0. The Hall–Kier alpha value is -1.91. The molecule has 0 atom stereocenters. The molecule has 2 aliphatic heterocycles. The van der Waals surface area contributed by atoms with E-state index in [9.17, 15) is 0 Å². The van der Waals surface area contributed by atoms with Crippen molar-refractivity contribution in [2.75, 3.05) is 71.4 Å². The monoisotopic (exact) mass is 549 g/mol. The van der Waals surface area contributed by atoms with E-state index >= 15 is 0 Å². The van der Waals surface area contributed by atoms with Crippen LogP contribution in [0, 0.1) is 0 Å². The largest absolute Gasteiger partial charge is 0.354 e. The molecular formula is C24H36IN7. The third-order valence-corrected chi connectivity index (χ3v) is 6.22. The second kappa shape index (κ2) is 12.4. The Bertz CT molecular complexity index is 844. The molecule has 0 radical (unpaired) electrons. The molecule has 4 rings (SSSR count). The third kappa shape index (κ3) is 6.79. The summed E-state index contributed by atoms with van der Waals surface area (Å²) in [4.78, 5) is 18.8. The topological polar surface area (TPSA) is 50.2 Å². The second-order valence-corrected chi connectivity index (χ2v) is 8.46. The summed E-state index contributed by atoms with van der Waals surface area (Å²) in [5.74, 6) is 2.06. The molecule has 2 aromatic rings. The Labute approximate surface area is 209 Å². The van der Waals surface area contributed by atoms with E-state index < -0.39 is 0 Å². The predicted octanol–water partition coefficient (Wildman–Crippen LogP) is 2.34. The van der Waals surface area contributed by atoms with Crippen LogP contribution in [0.2, 0.25) is 0 Å². The zero-order valence-electron chi connectivity index (χ0n) is 19.3. The van der Waals surface area contributed by atoms with Crippen LogP contribution in [0.4, 0.5) is 5.82 Å². The van der Waals surface area contributed by atoms with Gasteiger partial charge in [-0.05, 0) is 30.3 Å². The standard InChI is InChI=1S/C24H35N7.HI/c1-25-24(31-16-12-29(13-17-31)20-21-6-4-3-5-7-21)27-19-22-8-9-26-23(18-22)30-14-10-28(2)11-15-30;/h3-9,18H,10-17,19-20H2,1-2H3,(H,25,27);1H. The van der Waals surface area contributed by atoms with Crippen molar-refractivity contribution in [1.29, 1.82) is 0 Å². The Balaban J connectivity index is 0.00000289. The van der Waals surface area contributed by atoms with Crippen molar-refractivity contribution in [3.8, 4) is 0 Å². The molecule has 2 aliphatic rings. The molecule has 0 spiro atoms. The molecule has 2 saturated heterocycles. The molecule has 0 bridgehead atoms. The number of nitrogens with one attached hydrogen (secondary N) is 1. The normalized spacial score (nSPS) is 18.4. The van der Waals surface area contributed by atoms with Crippen LogP contribution in [0.5, 0.6) is 0 Å². The van der Waals surface area contributed by atoms with Gasteiger partial charge in [0, 0.05) is 78.7 Å². The van der Waals surface area contributed by atoms with Gasteiger partial charge in [-0.1, -0.05) is 30.3 Å². The summed E-state index contributed by atoms with van der Waals surface area (Å²) in [6.45, 7) is 10.1. The number of aromatic nitrogens is 1. The Kier molecular flexibility index (Phi) is 9.55. The van der Waals surface area contributed by atoms with Crippen molar-refractivity contribution in [2.45, 2.75) is 13.1 Å². The number of nitrogens with zero attached hydrogens (tertiary/aromatic N) is 6. The van der Waals surface area contributed by atoms with Crippen molar-refractivity contribution >= 4 is 35.8 Å². The van der Waals surface area contributed by atoms with E-state index in [2.05, 4.69) is 84.4 Å². The first-order valence-corrected chi connectivity index (χ1v) is 11.3. The summed E-state index contributed by atoms with van der Waals surface area (Å²) >= 11 is 0. The average Bonchev–Trinajstić information content (AvgIpc) is 2.82. The second-order valence-electron chi connectivity index (χ2n) is 8.46. The lowest BCUT2D eigenvalue weighted by Gasteiger charge is -2.36. The molecule has 0 unspecified atom stereocenters. The number of halogens is 1. The molecule has 1 aromatic carbocycles. The molecule has 0 amide bonds. The molecule has 32 heavy (non-hydrogen) atoms. The SMILES string of the molecule is CN=C(NCc1ccnc(N2CCN(C)CC2)c1)N1CCN(Cc2ccccc2)CC1.I. The van der Waals surface area contributed by atoms with E-state index in [1.807, 2.05) is 13.2 Å². The van der Waals surface area contributed by atoms with Crippen LogP contribution in [0.25, 0.3) is 0 Å². The number of likely N-dealkylation sites (N-methyl/N-ethyl adjacent to an activating group) is 1. The van der Waals surface area contributed by atoms with Gasteiger partial charge in [-0.25, -0.2) is 4.98 Å². The molecule has 3 heterocycles. The molecule has 2 fully saturated rings. The number of aliphatic imine (C=N–C) groups is 1. The van der Waals surface area contributed by atoms with Crippen LogP contribution in [0.3, 0.4) is 0 Å². The fraction of sp³-hybridized carbons (Fsp3) is 0.500. The maximum atomic E-state index is 4.60. The number of rotatable bonds is 5.